The third-order valence-corrected chi connectivity index (χ3v) is 8.28. The molecule has 11 nitrogen and oxygen atoms in total. The van der Waals surface area contributed by atoms with Gasteiger partial charge < -0.3 is 14.4 Å². The van der Waals surface area contributed by atoms with E-state index >= 15 is 0 Å². The van der Waals surface area contributed by atoms with Crippen molar-refractivity contribution < 1.29 is 19.1 Å². The Balaban J connectivity index is 1.02. The molecular formula is C26H27N7O4. The monoisotopic (exact) mass is 501 g/mol. The fraction of sp³-hybridized carbons (Fsp3) is 0.462. The van der Waals surface area contributed by atoms with Crippen molar-refractivity contribution in [1.29, 1.82) is 0 Å². The number of benzene rings is 1. The molecule has 0 saturated carbocycles. The topological polar surface area (TPSA) is 116 Å². The second-order valence-electron chi connectivity index (χ2n) is 10.2. The summed E-state index contributed by atoms with van der Waals surface area (Å²) in [5.41, 5.74) is 5.80. The molecule has 4 aliphatic rings. The van der Waals surface area contributed by atoms with Gasteiger partial charge in [0.1, 0.15) is 12.9 Å². The lowest BCUT2D eigenvalue weighted by Crippen LogP contribution is -2.60. The van der Waals surface area contributed by atoms with Gasteiger partial charge in [-0.3, -0.25) is 9.69 Å². The Labute approximate surface area is 213 Å². The first-order valence-corrected chi connectivity index (χ1v) is 12.7. The van der Waals surface area contributed by atoms with Crippen molar-refractivity contribution in [2.75, 3.05) is 32.8 Å². The minimum absolute atomic E-state index is 0.0540. The van der Waals surface area contributed by atoms with Crippen LogP contribution in [0.2, 0.25) is 0 Å². The lowest BCUT2D eigenvalue weighted by atomic mass is 9.93. The summed E-state index contributed by atoms with van der Waals surface area (Å²) in [6, 6.07) is 7.91. The number of nitrogens with zero attached hydrogens (tertiary/aromatic N) is 7. The number of aryl methyl sites for hydroxylation is 1. The number of tetrazole rings is 1. The standard InChI is InChI=1S/C26H27N7O4/c1-15-17(2-3-20-21(15)13-37-26(20)35)23-11-31-8-9-32(10-16(31)12-36-23)25(34)19-4-6-22-18(19)5-7-24(28-22)33-14-27-29-30-33/h2-3,5,7,14,16,19,23H,4,6,8-13H2,1H3/t16-,19?,23?/m0/s1. The number of carbonyl (C=O) groups excluding carboxylic acids is 2. The average molecular weight is 502 g/mol. The number of cyclic esters (lactones) is 1. The van der Waals surface area contributed by atoms with Crippen LogP contribution in [0.5, 0.6) is 0 Å². The molecule has 0 spiro atoms. The van der Waals surface area contributed by atoms with Crippen LogP contribution in [0.3, 0.4) is 0 Å². The molecule has 2 aromatic heterocycles. The maximum absolute atomic E-state index is 13.6. The Kier molecular flexibility index (Phi) is 5.29. The molecule has 1 amide bonds. The van der Waals surface area contributed by atoms with Crippen LogP contribution in [0.25, 0.3) is 5.82 Å². The number of fused-ring (bicyclic) bond motifs is 3. The third kappa shape index (κ3) is 3.72. The molecule has 2 fully saturated rings. The van der Waals surface area contributed by atoms with Crippen LogP contribution < -0.4 is 0 Å². The normalized spacial score (nSPS) is 24.9. The molecule has 0 radical (unpaired) electrons. The van der Waals surface area contributed by atoms with Crippen LogP contribution in [0.1, 0.15) is 56.7 Å². The molecule has 1 aromatic carbocycles. The number of pyridine rings is 1. The molecule has 0 bridgehead atoms. The number of aromatic nitrogens is 5. The second-order valence-corrected chi connectivity index (χ2v) is 10.2. The Morgan fingerprint density at radius 1 is 1.11 bits per heavy atom. The highest BCUT2D eigenvalue weighted by molar-refractivity contribution is 5.94. The van der Waals surface area contributed by atoms with E-state index in [1.807, 2.05) is 36.1 Å². The number of ether oxygens (including phenoxy) is 2. The van der Waals surface area contributed by atoms with E-state index in [9.17, 15) is 9.59 Å². The Bertz CT molecular complexity index is 1390. The van der Waals surface area contributed by atoms with Crippen LogP contribution >= 0.6 is 0 Å². The minimum Gasteiger partial charge on any atom is -0.457 e. The van der Waals surface area contributed by atoms with E-state index in [0.29, 0.717) is 37.7 Å². The summed E-state index contributed by atoms with van der Waals surface area (Å²) in [7, 11) is 0. The fourth-order valence-corrected chi connectivity index (χ4v) is 6.21. The highest BCUT2D eigenvalue weighted by Crippen LogP contribution is 2.36. The number of hydrogen-bond acceptors (Lipinski definition) is 9. The molecule has 2 unspecified atom stereocenters. The zero-order valence-corrected chi connectivity index (χ0v) is 20.5. The Hall–Kier alpha value is -3.70. The molecule has 2 saturated heterocycles. The average Bonchev–Trinajstić information content (AvgIpc) is 3.68. The molecule has 3 aliphatic heterocycles. The summed E-state index contributed by atoms with van der Waals surface area (Å²) in [6.45, 7) is 5.91. The van der Waals surface area contributed by atoms with Gasteiger partial charge in [0.2, 0.25) is 5.91 Å². The SMILES string of the molecule is Cc1c(C2CN3CCN(C(=O)C4CCc5nc(-n6cnnn6)ccc54)C[C@H]3CO2)ccc2c1COC2=O. The number of rotatable bonds is 3. The van der Waals surface area contributed by atoms with Crippen LogP contribution in [0.15, 0.2) is 30.6 Å². The van der Waals surface area contributed by atoms with Gasteiger partial charge in [-0.05, 0) is 59.0 Å². The van der Waals surface area contributed by atoms with Gasteiger partial charge in [-0.2, -0.15) is 4.68 Å². The first-order valence-electron chi connectivity index (χ1n) is 12.7. The maximum Gasteiger partial charge on any atom is 0.338 e. The van der Waals surface area contributed by atoms with Gasteiger partial charge in [0.15, 0.2) is 5.82 Å². The molecule has 7 rings (SSSR count). The molecule has 190 valence electrons. The van der Waals surface area contributed by atoms with Crippen LogP contribution in [0.4, 0.5) is 0 Å². The van der Waals surface area contributed by atoms with Crippen molar-refractivity contribution in [3.05, 3.63) is 64.1 Å². The smallest absolute Gasteiger partial charge is 0.338 e. The predicted molar refractivity (Wildman–Crippen MR) is 129 cm³/mol. The largest absolute Gasteiger partial charge is 0.457 e. The molecule has 1 aliphatic carbocycles. The van der Waals surface area contributed by atoms with Crippen molar-refractivity contribution >= 4 is 11.9 Å². The van der Waals surface area contributed by atoms with Crippen LogP contribution in [-0.4, -0.2) is 85.7 Å². The summed E-state index contributed by atoms with van der Waals surface area (Å²) in [5, 5.41) is 11.3. The number of carbonyl (C=O) groups is 2. The quantitative estimate of drug-likeness (QED) is 0.491. The summed E-state index contributed by atoms with van der Waals surface area (Å²) < 4.78 is 13.1. The second kappa shape index (κ2) is 8.70. The fourth-order valence-electron chi connectivity index (χ4n) is 6.21. The van der Waals surface area contributed by atoms with Crippen molar-refractivity contribution in [3.63, 3.8) is 0 Å². The van der Waals surface area contributed by atoms with Crippen molar-refractivity contribution in [1.82, 2.24) is 35.0 Å². The molecule has 37 heavy (non-hydrogen) atoms. The molecular weight excluding hydrogens is 474 g/mol. The Morgan fingerprint density at radius 3 is 2.86 bits per heavy atom. The van der Waals surface area contributed by atoms with E-state index in [1.54, 1.807) is 0 Å². The molecule has 5 heterocycles. The van der Waals surface area contributed by atoms with Gasteiger partial charge in [0.05, 0.1) is 30.2 Å². The number of esters is 1. The van der Waals surface area contributed by atoms with Crippen molar-refractivity contribution in [2.24, 2.45) is 0 Å². The first kappa shape index (κ1) is 22.5. The van der Waals surface area contributed by atoms with Crippen LogP contribution in [0, 0.1) is 6.92 Å². The predicted octanol–water partition coefficient (Wildman–Crippen LogP) is 1.35. The van der Waals surface area contributed by atoms with E-state index in [-0.39, 0.29) is 29.9 Å². The summed E-state index contributed by atoms with van der Waals surface area (Å²) in [4.78, 5) is 34.6. The zero-order valence-electron chi connectivity index (χ0n) is 20.5. The summed E-state index contributed by atoms with van der Waals surface area (Å²) in [5.74, 6) is 0.436. The van der Waals surface area contributed by atoms with Crippen molar-refractivity contribution in [2.45, 2.75) is 44.4 Å². The van der Waals surface area contributed by atoms with Gasteiger partial charge in [-0.1, -0.05) is 12.1 Å². The van der Waals surface area contributed by atoms with Gasteiger partial charge in [0.25, 0.3) is 0 Å². The Morgan fingerprint density at radius 2 is 2.00 bits per heavy atom. The maximum atomic E-state index is 13.6. The zero-order chi connectivity index (χ0) is 25.1. The van der Waals surface area contributed by atoms with E-state index in [2.05, 4.69) is 20.4 Å². The number of amides is 1. The number of morpholine rings is 1. The molecule has 11 heteroatoms. The minimum atomic E-state index is -0.247. The van der Waals surface area contributed by atoms with E-state index in [0.717, 1.165) is 53.9 Å². The number of piperazine rings is 1. The lowest BCUT2D eigenvalue weighted by molar-refractivity contribution is -0.141. The van der Waals surface area contributed by atoms with E-state index in [4.69, 9.17) is 14.5 Å². The summed E-state index contributed by atoms with van der Waals surface area (Å²) >= 11 is 0. The first-order chi connectivity index (χ1) is 18.1. The van der Waals surface area contributed by atoms with Crippen LogP contribution in [-0.2, 0) is 27.3 Å². The number of hydrogen-bond donors (Lipinski definition) is 0. The van der Waals surface area contributed by atoms with Gasteiger partial charge in [0, 0.05) is 37.4 Å². The van der Waals surface area contributed by atoms with Gasteiger partial charge in [-0.25, -0.2) is 9.78 Å². The molecule has 3 atom stereocenters. The molecule has 0 N–H and O–H groups in total. The highest BCUT2D eigenvalue weighted by atomic mass is 16.5. The lowest BCUT2D eigenvalue weighted by Gasteiger charge is -2.46. The van der Waals surface area contributed by atoms with Gasteiger partial charge in [-0.15, -0.1) is 5.10 Å². The van der Waals surface area contributed by atoms with Gasteiger partial charge >= 0.3 is 5.97 Å². The summed E-state index contributed by atoms with van der Waals surface area (Å²) in [6.07, 6.45) is 3.01. The van der Waals surface area contributed by atoms with E-state index < -0.39 is 0 Å². The third-order valence-electron chi connectivity index (χ3n) is 8.28. The molecule has 3 aromatic rings. The highest BCUT2D eigenvalue weighted by Gasteiger charge is 2.40. The van der Waals surface area contributed by atoms with Crippen molar-refractivity contribution in [3.8, 4) is 5.82 Å². The van der Waals surface area contributed by atoms with E-state index in [1.165, 1.54) is 11.0 Å².